The lowest BCUT2D eigenvalue weighted by molar-refractivity contribution is -0.137. The summed E-state index contributed by atoms with van der Waals surface area (Å²) in [4.78, 5) is 21.3. The number of carboxylic acid groups (broad SMARTS) is 1. The third-order valence-corrected chi connectivity index (χ3v) is 3.07. The minimum atomic E-state index is -0.863. The molecule has 1 aliphatic rings. The molecule has 0 radical (unpaired) electrons. The SMILES string of the molecule is O=C(O)CCC(O)CCCC1=CCC(=O)CC1. The molecule has 0 aromatic carbocycles. The van der Waals surface area contributed by atoms with E-state index < -0.39 is 12.1 Å². The quantitative estimate of drug-likeness (QED) is 0.668. The van der Waals surface area contributed by atoms with Crippen LogP contribution in [0.2, 0.25) is 0 Å². The molecular weight excluding hydrogens is 220 g/mol. The van der Waals surface area contributed by atoms with Crippen molar-refractivity contribution < 1.29 is 19.8 Å². The molecule has 1 aliphatic carbocycles. The number of hydrogen-bond acceptors (Lipinski definition) is 3. The zero-order chi connectivity index (χ0) is 12.7. The highest BCUT2D eigenvalue weighted by Crippen LogP contribution is 2.21. The predicted molar refractivity (Wildman–Crippen MR) is 63.7 cm³/mol. The lowest BCUT2D eigenvalue weighted by Crippen LogP contribution is -2.10. The molecule has 17 heavy (non-hydrogen) atoms. The standard InChI is InChI=1S/C13H20O4/c14-11(8-9-13(16)17)3-1-2-10-4-6-12(15)7-5-10/h4,11,14H,1-3,5-9H2,(H,16,17). The van der Waals surface area contributed by atoms with Gasteiger partial charge in [0.25, 0.3) is 0 Å². The Hall–Kier alpha value is -1.16. The number of hydrogen-bond donors (Lipinski definition) is 2. The molecule has 0 saturated heterocycles. The van der Waals surface area contributed by atoms with Crippen LogP contribution in [0.1, 0.15) is 51.4 Å². The summed E-state index contributed by atoms with van der Waals surface area (Å²) in [6.07, 6.45) is 6.29. The van der Waals surface area contributed by atoms with E-state index in [0.717, 1.165) is 19.3 Å². The predicted octanol–water partition coefficient (Wildman–Crippen LogP) is 2.06. The lowest BCUT2D eigenvalue weighted by Gasteiger charge is -2.13. The van der Waals surface area contributed by atoms with Gasteiger partial charge in [0, 0.05) is 19.3 Å². The van der Waals surface area contributed by atoms with Crippen LogP contribution < -0.4 is 0 Å². The van der Waals surface area contributed by atoms with Crippen LogP contribution in [-0.2, 0) is 9.59 Å². The molecule has 0 saturated carbocycles. The largest absolute Gasteiger partial charge is 0.481 e. The molecule has 0 aromatic heterocycles. The Labute approximate surface area is 101 Å². The fourth-order valence-electron chi connectivity index (χ4n) is 1.99. The van der Waals surface area contributed by atoms with Crippen molar-refractivity contribution in [2.24, 2.45) is 0 Å². The zero-order valence-electron chi connectivity index (χ0n) is 10.0. The van der Waals surface area contributed by atoms with E-state index in [2.05, 4.69) is 0 Å². The van der Waals surface area contributed by atoms with Gasteiger partial charge >= 0.3 is 5.97 Å². The van der Waals surface area contributed by atoms with E-state index >= 15 is 0 Å². The summed E-state index contributed by atoms with van der Waals surface area (Å²) in [7, 11) is 0. The highest BCUT2D eigenvalue weighted by molar-refractivity contribution is 5.81. The third kappa shape index (κ3) is 6.22. The van der Waals surface area contributed by atoms with Crippen LogP contribution >= 0.6 is 0 Å². The summed E-state index contributed by atoms with van der Waals surface area (Å²) >= 11 is 0. The number of allylic oxidation sites excluding steroid dienone is 2. The molecule has 0 bridgehead atoms. The average molecular weight is 240 g/mol. The highest BCUT2D eigenvalue weighted by atomic mass is 16.4. The number of carboxylic acids is 1. The van der Waals surface area contributed by atoms with Crippen molar-refractivity contribution in [2.45, 2.75) is 57.5 Å². The fraction of sp³-hybridized carbons (Fsp3) is 0.692. The highest BCUT2D eigenvalue weighted by Gasteiger charge is 2.11. The Bertz CT molecular complexity index is 307. The summed E-state index contributed by atoms with van der Waals surface area (Å²) in [5.74, 6) is -0.562. The van der Waals surface area contributed by atoms with E-state index in [9.17, 15) is 14.7 Å². The van der Waals surface area contributed by atoms with Gasteiger partial charge < -0.3 is 10.2 Å². The Kier molecular flexibility index (Phi) is 5.91. The number of rotatable bonds is 7. The maximum Gasteiger partial charge on any atom is 0.303 e. The van der Waals surface area contributed by atoms with Crippen molar-refractivity contribution in [3.05, 3.63) is 11.6 Å². The van der Waals surface area contributed by atoms with E-state index in [0.29, 0.717) is 31.5 Å². The molecule has 1 rings (SSSR count). The van der Waals surface area contributed by atoms with Gasteiger partial charge in [-0.15, -0.1) is 0 Å². The topological polar surface area (TPSA) is 74.6 Å². The Morgan fingerprint density at radius 2 is 2.12 bits per heavy atom. The number of Topliss-reactive ketones (excluding diaryl/α,β-unsaturated/α-hetero) is 1. The lowest BCUT2D eigenvalue weighted by atomic mass is 9.94. The number of aliphatic hydroxyl groups is 1. The molecule has 4 nitrogen and oxygen atoms in total. The van der Waals surface area contributed by atoms with Gasteiger partial charge in [0.15, 0.2) is 0 Å². The molecule has 0 fully saturated rings. The van der Waals surface area contributed by atoms with Crippen LogP contribution in [-0.4, -0.2) is 28.1 Å². The number of aliphatic carboxylic acids is 1. The first-order chi connectivity index (χ1) is 8.08. The van der Waals surface area contributed by atoms with Crippen LogP contribution in [0.5, 0.6) is 0 Å². The second kappa shape index (κ2) is 7.22. The summed E-state index contributed by atoms with van der Waals surface area (Å²) in [6, 6.07) is 0. The molecule has 4 heteroatoms. The maximum absolute atomic E-state index is 11.0. The number of aliphatic hydroxyl groups excluding tert-OH is 1. The molecule has 0 heterocycles. The minimum absolute atomic E-state index is 0.0262. The van der Waals surface area contributed by atoms with E-state index in [4.69, 9.17) is 5.11 Å². The zero-order valence-corrected chi connectivity index (χ0v) is 10.0. The van der Waals surface area contributed by atoms with Gasteiger partial charge in [0.05, 0.1) is 6.10 Å². The molecule has 2 N–H and O–H groups in total. The maximum atomic E-state index is 11.0. The van der Waals surface area contributed by atoms with Gasteiger partial charge in [-0.2, -0.15) is 0 Å². The molecule has 0 spiro atoms. The van der Waals surface area contributed by atoms with Crippen LogP contribution in [0.25, 0.3) is 0 Å². The van der Waals surface area contributed by atoms with E-state index in [1.54, 1.807) is 0 Å². The minimum Gasteiger partial charge on any atom is -0.481 e. The van der Waals surface area contributed by atoms with Gasteiger partial charge in [-0.3, -0.25) is 9.59 Å². The molecule has 1 unspecified atom stereocenters. The molecule has 1 atom stereocenters. The van der Waals surface area contributed by atoms with E-state index in [-0.39, 0.29) is 6.42 Å². The Balaban J connectivity index is 2.11. The van der Waals surface area contributed by atoms with Crippen LogP contribution in [0.3, 0.4) is 0 Å². The summed E-state index contributed by atoms with van der Waals surface area (Å²) in [5.41, 5.74) is 1.30. The second-order valence-corrected chi connectivity index (χ2v) is 4.58. The van der Waals surface area contributed by atoms with Crippen LogP contribution in [0, 0.1) is 0 Å². The average Bonchev–Trinajstić information content (AvgIpc) is 2.29. The molecular formula is C13H20O4. The molecule has 0 amide bonds. The normalized spacial score (nSPS) is 17.7. The van der Waals surface area contributed by atoms with Crippen molar-refractivity contribution >= 4 is 11.8 Å². The van der Waals surface area contributed by atoms with E-state index in [1.165, 1.54) is 5.57 Å². The van der Waals surface area contributed by atoms with Crippen LogP contribution in [0.15, 0.2) is 11.6 Å². The van der Waals surface area contributed by atoms with Gasteiger partial charge in [-0.05, 0) is 32.1 Å². The van der Waals surface area contributed by atoms with Gasteiger partial charge in [-0.1, -0.05) is 11.6 Å². The summed E-state index contributed by atoms with van der Waals surface area (Å²) in [5, 5.41) is 18.0. The third-order valence-electron chi connectivity index (χ3n) is 3.07. The fourth-order valence-corrected chi connectivity index (χ4v) is 1.99. The molecule has 0 aliphatic heterocycles. The first kappa shape index (κ1) is 13.9. The van der Waals surface area contributed by atoms with Gasteiger partial charge in [0.2, 0.25) is 0 Å². The van der Waals surface area contributed by atoms with Gasteiger partial charge in [0.1, 0.15) is 5.78 Å². The smallest absolute Gasteiger partial charge is 0.303 e. The number of carbonyl (C=O) groups excluding carboxylic acids is 1. The molecule has 0 aromatic rings. The molecule has 96 valence electrons. The van der Waals surface area contributed by atoms with Crippen LogP contribution in [0.4, 0.5) is 0 Å². The Morgan fingerprint density at radius 3 is 2.71 bits per heavy atom. The Morgan fingerprint density at radius 1 is 1.35 bits per heavy atom. The van der Waals surface area contributed by atoms with Crippen molar-refractivity contribution in [1.82, 2.24) is 0 Å². The van der Waals surface area contributed by atoms with Crippen molar-refractivity contribution in [3.8, 4) is 0 Å². The van der Waals surface area contributed by atoms with E-state index in [1.807, 2.05) is 6.08 Å². The van der Waals surface area contributed by atoms with Crippen molar-refractivity contribution in [3.63, 3.8) is 0 Å². The summed E-state index contributed by atoms with van der Waals surface area (Å²) < 4.78 is 0. The summed E-state index contributed by atoms with van der Waals surface area (Å²) in [6.45, 7) is 0. The monoisotopic (exact) mass is 240 g/mol. The first-order valence-corrected chi connectivity index (χ1v) is 6.17. The number of carbonyl (C=O) groups is 2. The van der Waals surface area contributed by atoms with Crippen molar-refractivity contribution in [2.75, 3.05) is 0 Å². The first-order valence-electron chi connectivity index (χ1n) is 6.17. The number of ketones is 1. The second-order valence-electron chi connectivity index (χ2n) is 4.58. The van der Waals surface area contributed by atoms with Crippen molar-refractivity contribution in [1.29, 1.82) is 0 Å². The van der Waals surface area contributed by atoms with Gasteiger partial charge in [-0.25, -0.2) is 0 Å².